The third-order valence-electron chi connectivity index (χ3n) is 2.75. The van der Waals surface area contributed by atoms with Crippen LogP contribution < -0.4 is 0 Å². The topological polar surface area (TPSA) is 37.3 Å². The third kappa shape index (κ3) is 3.41. The lowest BCUT2D eigenvalue weighted by molar-refractivity contribution is -0.131. The molecule has 0 saturated heterocycles. The van der Waals surface area contributed by atoms with Crippen molar-refractivity contribution >= 4 is 11.5 Å². The van der Waals surface area contributed by atoms with E-state index >= 15 is 0 Å². The van der Waals surface area contributed by atoms with Crippen molar-refractivity contribution in [3.8, 4) is 0 Å². The zero-order chi connectivity index (χ0) is 13.0. The van der Waals surface area contributed by atoms with Gasteiger partial charge in [-0.3, -0.25) is 0 Å². The zero-order valence-electron chi connectivity index (χ0n) is 10.4. The molecule has 0 bridgehead atoms. The van der Waals surface area contributed by atoms with E-state index in [0.717, 1.165) is 23.6 Å². The minimum Gasteiger partial charge on any atom is -0.478 e. The standard InChI is InChI=1S/C14H17FO2/c1-4-5-11(8-14(16)17)12-6-9(2)10(3)7-13(12)15/h6-8H,4-5H2,1-3H3,(H,16,17)/b11-8+. The van der Waals surface area contributed by atoms with Gasteiger partial charge in [0.15, 0.2) is 0 Å². The average molecular weight is 236 g/mol. The lowest BCUT2D eigenvalue weighted by Crippen LogP contribution is -1.97. The Kier molecular flexibility index (Phi) is 4.44. The Morgan fingerprint density at radius 2 is 1.94 bits per heavy atom. The summed E-state index contributed by atoms with van der Waals surface area (Å²) in [6, 6.07) is 3.17. The van der Waals surface area contributed by atoms with Crippen LogP contribution in [0.5, 0.6) is 0 Å². The van der Waals surface area contributed by atoms with Crippen LogP contribution in [0.1, 0.15) is 36.5 Å². The first kappa shape index (κ1) is 13.4. The fourth-order valence-corrected chi connectivity index (χ4v) is 1.73. The first-order chi connectivity index (χ1) is 7.95. The number of carboxylic acid groups (broad SMARTS) is 1. The van der Waals surface area contributed by atoms with Gasteiger partial charge in [-0.15, -0.1) is 0 Å². The van der Waals surface area contributed by atoms with Gasteiger partial charge in [0.05, 0.1) is 0 Å². The van der Waals surface area contributed by atoms with Gasteiger partial charge in [-0.1, -0.05) is 13.3 Å². The van der Waals surface area contributed by atoms with E-state index in [4.69, 9.17) is 5.11 Å². The van der Waals surface area contributed by atoms with Crippen molar-refractivity contribution in [1.82, 2.24) is 0 Å². The number of rotatable bonds is 4. The van der Waals surface area contributed by atoms with E-state index in [1.165, 1.54) is 6.07 Å². The van der Waals surface area contributed by atoms with Gasteiger partial charge in [-0.05, 0) is 49.1 Å². The van der Waals surface area contributed by atoms with Gasteiger partial charge in [-0.2, -0.15) is 0 Å². The highest BCUT2D eigenvalue weighted by atomic mass is 19.1. The Morgan fingerprint density at radius 3 is 2.47 bits per heavy atom. The van der Waals surface area contributed by atoms with Crippen molar-refractivity contribution in [2.75, 3.05) is 0 Å². The minimum atomic E-state index is -1.04. The Morgan fingerprint density at radius 1 is 1.35 bits per heavy atom. The van der Waals surface area contributed by atoms with Crippen molar-refractivity contribution in [1.29, 1.82) is 0 Å². The number of aryl methyl sites for hydroxylation is 2. The van der Waals surface area contributed by atoms with Crippen LogP contribution in [0.4, 0.5) is 4.39 Å². The van der Waals surface area contributed by atoms with Crippen LogP contribution in [-0.2, 0) is 4.79 Å². The monoisotopic (exact) mass is 236 g/mol. The van der Waals surface area contributed by atoms with Crippen molar-refractivity contribution < 1.29 is 14.3 Å². The zero-order valence-corrected chi connectivity index (χ0v) is 10.4. The molecule has 0 unspecified atom stereocenters. The molecular formula is C14H17FO2. The first-order valence-corrected chi connectivity index (χ1v) is 5.66. The quantitative estimate of drug-likeness (QED) is 0.809. The number of hydrogen-bond acceptors (Lipinski definition) is 1. The van der Waals surface area contributed by atoms with Crippen LogP contribution in [-0.4, -0.2) is 11.1 Å². The lowest BCUT2D eigenvalue weighted by Gasteiger charge is -2.10. The summed E-state index contributed by atoms with van der Waals surface area (Å²) in [6.07, 6.45) is 2.44. The molecule has 0 heterocycles. The van der Waals surface area contributed by atoms with Gasteiger partial charge in [0, 0.05) is 11.6 Å². The molecule has 0 aromatic heterocycles. The van der Waals surface area contributed by atoms with E-state index in [-0.39, 0.29) is 5.82 Å². The molecule has 0 atom stereocenters. The molecule has 0 spiro atoms. The molecule has 0 aliphatic heterocycles. The van der Waals surface area contributed by atoms with E-state index in [1.54, 1.807) is 6.07 Å². The highest BCUT2D eigenvalue weighted by Crippen LogP contribution is 2.25. The molecule has 0 aliphatic carbocycles. The van der Waals surface area contributed by atoms with Crippen molar-refractivity contribution in [3.05, 3.63) is 40.7 Å². The highest BCUT2D eigenvalue weighted by Gasteiger charge is 2.10. The molecule has 0 saturated carbocycles. The smallest absolute Gasteiger partial charge is 0.328 e. The van der Waals surface area contributed by atoms with Crippen LogP contribution in [0, 0.1) is 19.7 Å². The summed E-state index contributed by atoms with van der Waals surface area (Å²) >= 11 is 0. The molecule has 1 aromatic rings. The predicted molar refractivity (Wildman–Crippen MR) is 66.4 cm³/mol. The van der Waals surface area contributed by atoms with Crippen molar-refractivity contribution in [2.45, 2.75) is 33.6 Å². The minimum absolute atomic E-state index is 0.353. The number of aliphatic carboxylic acids is 1. The van der Waals surface area contributed by atoms with Crippen LogP contribution in [0.15, 0.2) is 18.2 Å². The summed E-state index contributed by atoms with van der Waals surface area (Å²) in [5.74, 6) is -1.39. The van der Waals surface area contributed by atoms with Gasteiger partial charge in [-0.25, -0.2) is 9.18 Å². The molecule has 0 fully saturated rings. The number of allylic oxidation sites excluding steroid dienone is 1. The lowest BCUT2D eigenvalue weighted by atomic mass is 9.96. The normalized spacial score (nSPS) is 11.6. The molecule has 1 rings (SSSR count). The molecule has 92 valence electrons. The van der Waals surface area contributed by atoms with E-state index in [0.29, 0.717) is 17.6 Å². The van der Waals surface area contributed by atoms with Crippen LogP contribution in [0.25, 0.3) is 5.57 Å². The molecule has 1 aromatic carbocycles. The number of benzene rings is 1. The molecule has 0 radical (unpaired) electrons. The molecule has 2 nitrogen and oxygen atoms in total. The summed E-state index contributed by atoms with van der Waals surface area (Å²) in [5.41, 5.74) is 2.78. The molecule has 0 aliphatic rings. The second-order valence-corrected chi connectivity index (χ2v) is 4.17. The average Bonchev–Trinajstić information content (AvgIpc) is 2.22. The van der Waals surface area contributed by atoms with E-state index < -0.39 is 5.97 Å². The number of carboxylic acids is 1. The summed E-state index contributed by atoms with van der Waals surface area (Å²) in [6.45, 7) is 5.67. The second kappa shape index (κ2) is 5.62. The Labute approximate surface area is 101 Å². The number of hydrogen-bond donors (Lipinski definition) is 1. The van der Waals surface area contributed by atoms with Gasteiger partial charge < -0.3 is 5.11 Å². The Balaban J connectivity index is 3.28. The van der Waals surface area contributed by atoms with Gasteiger partial charge >= 0.3 is 5.97 Å². The highest BCUT2D eigenvalue weighted by molar-refractivity contribution is 5.90. The molecule has 0 amide bonds. The summed E-state index contributed by atoms with van der Waals surface area (Å²) in [4.78, 5) is 10.7. The van der Waals surface area contributed by atoms with Crippen molar-refractivity contribution in [3.63, 3.8) is 0 Å². The fourth-order valence-electron chi connectivity index (χ4n) is 1.73. The second-order valence-electron chi connectivity index (χ2n) is 4.17. The number of carbonyl (C=O) groups is 1. The maximum atomic E-state index is 13.8. The molecule has 17 heavy (non-hydrogen) atoms. The summed E-state index contributed by atoms with van der Waals surface area (Å²) in [7, 11) is 0. The Hall–Kier alpha value is -1.64. The Bertz CT molecular complexity index is 462. The summed E-state index contributed by atoms with van der Waals surface area (Å²) < 4.78 is 13.8. The third-order valence-corrected chi connectivity index (χ3v) is 2.75. The molecule has 3 heteroatoms. The molecule has 1 N–H and O–H groups in total. The van der Waals surface area contributed by atoms with E-state index in [9.17, 15) is 9.18 Å². The van der Waals surface area contributed by atoms with E-state index in [1.807, 2.05) is 20.8 Å². The predicted octanol–water partition coefficient (Wildman–Crippen LogP) is 3.71. The van der Waals surface area contributed by atoms with Crippen LogP contribution in [0.2, 0.25) is 0 Å². The van der Waals surface area contributed by atoms with E-state index in [2.05, 4.69) is 0 Å². The fraction of sp³-hybridized carbons (Fsp3) is 0.357. The first-order valence-electron chi connectivity index (χ1n) is 5.66. The molecular weight excluding hydrogens is 219 g/mol. The van der Waals surface area contributed by atoms with Crippen molar-refractivity contribution in [2.24, 2.45) is 0 Å². The maximum absolute atomic E-state index is 13.8. The largest absolute Gasteiger partial charge is 0.478 e. The van der Waals surface area contributed by atoms with Crippen LogP contribution in [0.3, 0.4) is 0 Å². The van der Waals surface area contributed by atoms with Gasteiger partial charge in [0.25, 0.3) is 0 Å². The van der Waals surface area contributed by atoms with Gasteiger partial charge in [0.1, 0.15) is 5.82 Å². The number of halogens is 1. The van der Waals surface area contributed by atoms with Gasteiger partial charge in [0.2, 0.25) is 0 Å². The summed E-state index contributed by atoms with van der Waals surface area (Å²) in [5, 5.41) is 8.79. The van der Waals surface area contributed by atoms with Crippen LogP contribution >= 0.6 is 0 Å². The SMILES string of the molecule is CCC/C(=C\C(=O)O)c1cc(C)c(C)cc1F. The maximum Gasteiger partial charge on any atom is 0.328 e.